The number of benzene rings is 4. The molecule has 6 aromatic heterocycles. The number of fused-ring (bicyclic) bond motifs is 12. The lowest BCUT2D eigenvalue weighted by atomic mass is 10.1. The summed E-state index contributed by atoms with van der Waals surface area (Å²) < 4.78 is 25.0. The lowest BCUT2D eigenvalue weighted by Gasteiger charge is -2.14. The molecular formula is C48H30N6O4. The predicted octanol–water partition coefficient (Wildman–Crippen LogP) is 10.5. The summed E-state index contributed by atoms with van der Waals surface area (Å²) in [5.74, 6) is 2.34. The van der Waals surface area contributed by atoms with Gasteiger partial charge < -0.3 is 18.9 Å². The largest absolute Gasteiger partial charge is 0.455 e. The van der Waals surface area contributed by atoms with Gasteiger partial charge >= 0.3 is 0 Å². The molecule has 7 heterocycles. The van der Waals surface area contributed by atoms with E-state index in [2.05, 4.69) is 0 Å². The second-order valence-electron chi connectivity index (χ2n) is 13.7. The molecule has 0 fully saturated rings. The molecule has 12 bridgehead atoms. The van der Waals surface area contributed by atoms with Crippen molar-refractivity contribution < 1.29 is 18.9 Å². The molecule has 0 saturated heterocycles. The second-order valence-corrected chi connectivity index (χ2v) is 13.7. The van der Waals surface area contributed by atoms with Gasteiger partial charge in [0.1, 0.15) is 45.1 Å². The zero-order valence-corrected chi connectivity index (χ0v) is 30.7. The van der Waals surface area contributed by atoms with Crippen molar-refractivity contribution in [3.63, 3.8) is 0 Å². The van der Waals surface area contributed by atoms with Crippen molar-refractivity contribution in [3.05, 3.63) is 158 Å². The average Bonchev–Trinajstić information content (AvgIpc) is 3.28. The van der Waals surface area contributed by atoms with E-state index in [9.17, 15) is 0 Å². The molecule has 276 valence electrons. The van der Waals surface area contributed by atoms with Crippen LogP contribution in [-0.4, -0.2) is 43.5 Å². The topological polar surface area (TPSA) is 114 Å². The fraction of sp³-hybridized carbons (Fsp3) is 0.0417. The maximum absolute atomic E-state index is 6.26. The molecule has 10 aromatic rings. The highest BCUT2D eigenvalue weighted by Crippen LogP contribution is 2.33. The smallest absolute Gasteiger partial charge is 0.231 e. The summed E-state index contributed by atoms with van der Waals surface area (Å²) >= 11 is 0. The molecule has 4 aromatic carbocycles. The summed E-state index contributed by atoms with van der Waals surface area (Å²) in [5.41, 5.74) is 8.33. The minimum atomic E-state index is -0.0593. The Bertz CT molecular complexity index is 2810. The Kier molecular flexibility index (Phi) is 8.02. The number of nitrogens with zero attached hydrogens (tertiary/aromatic N) is 6. The number of aromatic nitrogens is 6. The van der Waals surface area contributed by atoms with Crippen LogP contribution in [0.15, 0.2) is 158 Å². The van der Waals surface area contributed by atoms with Gasteiger partial charge in [-0.2, -0.15) is 0 Å². The monoisotopic (exact) mass is 754 g/mol. The van der Waals surface area contributed by atoms with Gasteiger partial charge in [0, 0.05) is 21.5 Å². The molecule has 0 radical (unpaired) electrons. The average molecular weight is 755 g/mol. The molecule has 1 aliphatic heterocycles. The Hall–Kier alpha value is -7.98. The van der Waals surface area contributed by atoms with Gasteiger partial charge in [-0.25, -0.2) is 29.9 Å². The van der Waals surface area contributed by atoms with Crippen LogP contribution in [0.4, 0.5) is 0 Å². The standard InChI is InChI=1S/C48H30N6O4/c1-7-29-19-23-37-33-11-5-12-34(49-33)38-25-21-31-9-3-17-43(47(31)53-38)57-28-58-44-18-4-10-32-22-26-40(54-48(32)44)36-14-6-13-35(50-36)39-24-20-30-8-2-16-42(46(30)52-39)56-27-55-41(15-1)45(29)51-37/h1-26H,27-28H2. The molecule has 0 unspecified atom stereocenters. The van der Waals surface area contributed by atoms with E-state index >= 15 is 0 Å². The summed E-state index contributed by atoms with van der Waals surface area (Å²) in [6.45, 7) is -0.119. The molecule has 0 spiro atoms. The first kappa shape index (κ1) is 33.4. The number of hydrogen-bond acceptors (Lipinski definition) is 10. The first-order valence-corrected chi connectivity index (χ1v) is 18.8. The van der Waals surface area contributed by atoms with Crippen molar-refractivity contribution in [1.29, 1.82) is 0 Å². The molecule has 0 atom stereocenters. The molecule has 0 amide bonds. The Morgan fingerprint density at radius 2 is 0.483 bits per heavy atom. The Morgan fingerprint density at radius 3 is 0.759 bits per heavy atom. The Balaban J connectivity index is 1.03. The molecule has 10 nitrogen and oxygen atoms in total. The van der Waals surface area contributed by atoms with E-state index in [1.54, 1.807) is 0 Å². The third-order valence-corrected chi connectivity index (χ3v) is 10.1. The van der Waals surface area contributed by atoms with E-state index in [0.717, 1.165) is 21.5 Å². The van der Waals surface area contributed by atoms with Crippen molar-refractivity contribution in [1.82, 2.24) is 29.9 Å². The molecule has 0 saturated carbocycles. The van der Waals surface area contributed by atoms with Crippen LogP contribution in [0, 0.1) is 0 Å². The second kappa shape index (κ2) is 13.9. The summed E-state index contributed by atoms with van der Waals surface area (Å²) in [5, 5.41) is 3.70. The summed E-state index contributed by atoms with van der Waals surface area (Å²) in [6, 6.07) is 50.9. The molecule has 0 N–H and O–H groups in total. The van der Waals surface area contributed by atoms with Crippen molar-refractivity contribution in [3.8, 4) is 68.5 Å². The maximum atomic E-state index is 6.26. The Labute approximate surface area is 331 Å². The highest BCUT2D eigenvalue weighted by molar-refractivity contribution is 5.90. The number of rotatable bonds is 0. The van der Waals surface area contributed by atoms with Crippen molar-refractivity contribution in [2.24, 2.45) is 0 Å². The van der Waals surface area contributed by atoms with Gasteiger partial charge in [0.15, 0.2) is 0 Å². The first-order valence-electron chi connectivity index (χ1n) is 18.8. The lowest BCUT2D eigenvalue weighted by molar-refractivity contribution is 0.122. The first-order chi connectivity index (χ1) is 28.7. The SMILES string of the molecule is c1cc2nc(c1)-c1ccc3cccc(c3n1)OCOc1cccc3ccc(nc13)-c1cccc(n1)-c1ccc3cccc(c3n1)OCOc1cccc3ccc-2nc13. The third-order valence-electron chi connectivity index (χ3n) is 10.1. The van der Waals surface area contributed by atoms with Crippen LogP contribution >= 0.6 is 0 Å². The minimum Gasteiger partial charge on any atom is -0.455 e. The normalized spacial score (nSPS) is 12.6. The third kappa shape index (κ3) is 6.09. The van der Waals surface area contributed by atoms with E-state index in [1.165, 1.54) is 0 Å². The summed E-state index contributed by atoms with van der Waals surface area (Å²) in [4.78, 5) is 30.1. The van der Waals surface area contributed by atoms with E-state index in [0.29, 0.717) is 90.6 Å². The number of pyridine rings is 6. The molecule has 58 heavy (non-hydrogen) atoms. The van der Waals surface area contributed by atoms with E-state index in [4.69, 9.17) is 48.9 Å². The van der Waals surface area contributed by atoms with E-state index in [1.807, 2.05) is 158 Å². The van der Waals surface area contributed by atoms with Crippen LogP contribution in [0.25, 0.3) is 89.2 Å². The van der Waals surface area contributed by atoms with Gasteiger partial charge in [-0.05, 0) is 72.8 Å². The van der Waals surface area contributed by atoms with Gasteiger partial charge in [0.05, 0.1) is 45.6 Å². The van der Waals surface area contributed by atoms with E-state index in [-0.39, 0.29) is 13.6 Å². The fourth-order valence-corrected chi connectivity index (χ4v) is 7.27. The van der Waals surface area contributed by atoms with Crippen LogP contribution in [0.3, 0.4) is 0 Å². The molecule has 1 aliphatic rings. The predicted molar refractivity (Wildman–Crippen MR) is 224 cm³/mol. The zero-order valence-electron chi connectivity index (χ0n) is 30.7. The molecular weight excluding hydrogens is 725 g/mol. The van der Waals surface area contributed by atoms with Crippen molar-refractivity contribution in [2.75, 3.05) is 13.6 Å². The number of para-hydroxylation sites is 4. The quantitative estimate of drug-likeness (QED) is 0.148. The highest BCUT2D eigenvalue weighted by Gasteiger charge is 2.15. The molecule has 11 rings (SSSR count). The highest BCUT2D eigenvalue weighted by atomic mass is 16.7. The summed E-state index contributed by atoms with van der Waals surface area (Å²) in [6.07, 6.45) is 0. The lowest BCUT2D eigenvalue weighted by Crippen LogP contribution is -2.07. The van der Waals surface area contributed by atoms with Crippen molar-refractivity contribution >= 4 is 43.6 Å². The van der Waals surface area contributed by atoms with Crippen LogP contribution in [-0.2, 0) is 0 Å². The number of ether oxygens (including phenoxy) is 4. The number of hydrogen-bond donors (Lipinski definition) is 0. The van der Waals surface area contributed by atoms with Crippen LogP contribution < -0.4 is 18.9 Å². The van der Waals surface area contributed by atoms with Gasteiger partial charge in [-0.15, -0.1) is 0 Å². The van der Waals surface area contributed by atoms with E-state index < -0.39 is 0 Å². The van der Waals surface area contributed by atoms with Gasteiger partial charge in [0.25, 0.3) is 0 Å². The minimum absolute atomic E-state index is 0.0593. The van der Waals surface area contributed by atoms with Crippen molar-refractivity contribution in [2.45, 2.75) is 0 Å². The van der Waals surface area contributed by atoms with Gasteiger partial charge in [-0.3, -0.25) is 0 Å². The van der Waals surface area contributed by atoms with Crippen LogP contribution in [0.2, 0.25) is 0 Å². The molecule has 10 heteroatoms. The zero-order chi connectivity index (χ0) is 38.4. The van der Waals surface area contributed by atoms with Gasteiger partial charge in [-0.1, -0.05) is 84.9 Å². The van der Waals surface area contributed by atoms with Crippen LogP contribution in [0.1, 0.15) is 0 Å². The molecule has 0 aliphatic carbocycles. The van der Waals surface area contributed by atoms with Crippen LogP contribution in [0.5, 0.6) is 23.0 Å². The maximum Gasteiger partial charge on any atom is 0.231 e. The Morgan fingerprint density at radius 1 is 0.241 bits per heavy atom. The van der Waals surface area contributed by atoms with Gasteiger partial charge in [0.2, 0.25) is 13.6 Å². The summed E-state index contributed by atoms with van der Waals surface area (Å²) in [7, 11) is 0. The fourth-order valence-electron chi connectivity index (χ4n) is 7.27.